The zero-order chi connectivity index (χ0) is 10.2. The van der Waals surface area contributed by atoms with Crippen molar-refractivity contribution in [1.82, 2.24) is 10.6 Å². The smallest absolute Gasteiger partial charge is 0.321 e. The van der Waals surface area contributed by atoms with E-state index in [2.05, 4.69) is 5.32 Å². The van der Waals surface area contributed by atoms with Crippen molar-refractivity contribution < 1.29 is 18.0 Å². The molecule has 0 aromatic heterocycles. The first-order valence-corrected chi connectivity index (χ1v) is 5.74. The highest BCUT2D eigenvalue weighted by Crippen LogP contribution is 2.14. The van der Waals surface area contributed by atoms with Gasteiger partial charge in [-0.3, -0.25) is 10.1 Å². The molecule has 0 bridgehead atoms. The molecule has 6 nitrogen and oxygen atoms in total. The van der Waals surface area contributed by atoms with Gasteiger partial charge in [0, 0.05) is 10.7 Å². The SMILES string of the molecule is CC1NC(=O)NC(=O)C1S(=O)(=O)Cl. The lowest BCUT2D eigenvalue weighted by Gasteiger charge is -2.26. The van der Waals surface area contributed by atoms with Crippen molar-refractivity contribution in [2.24, 2.45) is 0 Å². The highest BCUT2D eigenvalue weighted by molar-refractivity contribution is 8.14. The van der Waals surface area contributed by atoms with Crippen LogP contribution >= 0.6 is 10.7 Å². The van der Waals surface area contributed by atoms with E-state index in [0.29, 0.717) is 0 Å². The van der Waals surface area contributed by atoms with Crippen LogP contribution in [0.1, 0.15) is 6.92 Å². The molecule has 2 N–H and O–H groups in total. The molecule has 1 saturated heterocycles. The average Bonchev–Trinajstić information content (AvgIpc) is 1.78. The van der Waals surface area contributed by atoms with Gasteiger partial charge < -0.3 is 5.32 Å². The zero-order valence-electron chi connectivity index (χ0n) is 6.57. The van der Waals surface area contributed by atoms with E-state index in [1.807, 2.05) is 5.32 Å². The first-order chi connectivity index (χ1) is 5.82. The molecule has 1 fully saturated rings. The molecular formula is C5H7ClN2O4S. The summed E-state index contributed by atoms with van der Waals surface area (Å²) < 4.78 is 21.7. The van der Waals surface area contributed by atoms with Crippen LogP contribution in [-0.4, -0.2) is 31.6 Å². The van der Waals surface area contributed by atoms with Crippen LogP contribution in [0, 0.1) is 0 Å². The molecule has 1 heterocycles. The van der Waals surface area contributed by atoms with E-state index < -0.39 is 32.3 Å². The highest BCUT2D eigenvalue weighted by atomic mass is 35.7. The monoisotopic (exact) mass is 226 g/mol. The minimum atomic E-state index is -4.00. The van der Waals surface area contributed by atoms with Crippen molar-refractivity contribution in [2.45, 2.75) is 18.2 Å². The summed E-state index contributed by atoms with van der Waals surface area (Å²) in [5.74, 6) is -0.897. The predicted molar refractivity (Wildman–Crippen MR) is 44.7 cm³/mol. The summed E-state index contributed by atoms with van der Waals surface area (Å²) in [6, 6.07) is -1.53. The van der Waals surface area contributed by atoms with Gasteiger partial charge in [-0.05, 0) is 6.92 Å². The third kappa shape index (κ3) is 2.10. The summed E-state index contributed by atoms with van der Waals surface area (Å²) in [4.78, 5) is 21.7. The van der Waals surface area contributed by atoms with Gasteiger partial charge in [0.05, 0.1) is 6.04 Å². The molecule has 1 aliphatic rings. The van der Waals surface area contributed by atoms with Gasteiger partial charge in [-0.25, -0.2) is 13.2 Å². The van der Waals surface area contributed by atoms with Crippen molar-refractivity contribution in [2.75, 3.05) is 0 Å². The molecule has 0 aromatic rings. The Morgan fingerprint density at radius 3 is 2.31 bits per heavy atom. The fraction of sp³-hybridized carbons (Fsp3) is 0.600. The van der Waals surface area contributed by atoms with Gasteiger partial charge in [0.25, 0.3) is 0 Å². The first kappa shape index (κ1) is 10.3. The minimum Gasteiger partial charge on any atom is -0.333 e. The predicted octanol–water partition coefficient (Wildman–Crippen LogP) is -0.849. The normalized spacial score (nSPS) is 29.4. The van der Waals surface area contributed by atoms with Crippen LogP contribution in [0.4, 0.5) is 4.79 Å². The number of carbonyl (C=O) groups is 2. The Morgan fingerprint density at radius 1 is 1.38 bits per heavy atom. The molecule has 0 saturated carbocycles. The van der Waals surface area contributed by atoms with Gasteiger partial charge in [-0.15, -0.1) is 0 Å². The largest absolute Gasteiger partial charge is 0.333 e. The third-order valence-corrected chi connectivity index (χ3v) is 3.42. The highest BCUT2D eigenvalue weighted by Gasteiger charge is 2.41. The number of carbonyl (C=O) groups excluding carboxylic acids is 2. The molecule has 3 amide bonds. The number of hydrogen-bond acceptors (Lipinski definition) is 4. The average molecular weight is 227 g/mol. The van der Waals surface area contributed by atoms with E-state index in [1.54, 1.807) is 0 Å². The number of nitrogens with one attached hydrogen (secondary N) is 2. The number of halogens is 1. The van der Waals surface area contributed by atoms with E-state index >= 15 is 0 Å². The lowest BCUT2D eigenvalue weighted by molar-refractivity contribution is -0.120. The molecule has 2 atom stereocenters. The van der Waals surface area contributed by atoms with Gasteiger partial charge in [0.2, 0.25) is 15.0 Å². The topological polar surface area (TPSA) is 92.3 Å². The molecule has 74 valence electrons. The molecule has 8 heteroatoms. The standard InChI is InChI=1S/C5H7ClN2O4S/c1-2-3(13(6,11)12)4(9)8-5(10)7-2/h2-3H,1H3,(H2,7,8,9,10). The van der Waals surface area contributed by atoms with Gasteiger partial charge in [-0.2, -0.15) is 0 Å². The summed E-state index contributed by atoms with van der Waals surface area (Å²) in [5.41, 5.74) is 0. The molecule has 13 heavy (non-hydrogen) atoms. The van der Waals surface area contributed by atoms with E-state index in [0.717, 1.165) is 0 Å². The molecule has 1 aliphatic heterocycles. The second kappa shape index (κ2) is 3.15. The van der Waals surface area contributed by atoms with Crippen molar-refractivity contribution in [3.8, 4) is 0 Å². The molecular weight excluding hydrogens is 220 g/mol. The number of rotatable bonds is 1. The summed E-state index contributed by atoms with van der Waals surface area (Å²) in [6.07, 6.45) is 0. The maximum Gasteiger partial charge on any atom is 0.321 e. The molecule has 2 unspecified atom stereocenters. The Labute approximate surface area is 79.0 Å². The maximum atomic E-state index is 11.0. The van der Waals surface area contributed by atoms with Crippen LogP contribution in [-0.2, 0) is 13.8 Å². The Hall–Kier alpha value is -0.820. The van der Waals surface area contributed by atoms with Gasteiger partial charge >= 0.3 is 6.03 Å². The van der Waals surface area contributed by atoms with Crippen LogP contribution in [0.15, 0.2) is 0 Å². The van der Waals surface area contributed by atoms with Gasteiger partial charge in [0.15, 0.2) is 5.25 Å². The van der Waals surface area contributed by atoms with Crippen LogP contribution in [0.5, 0.6) is 0 Å². The quantitative estimate of drug-likeness (QED) is 0.570. The fourth-order valence-corrected chi connectivity index (χ4v) is 2.68. The van der Waals surface area contributed by atoms with Crippen molar-refractivity contribution >= 4 is 31.7 Å². The number of amides is 3. The lowest BCUT2D eigenvalue weighted by atomic mass is 10.2. The number of urea groups is 1. The Bertz CT molecular complexity index is 352. The number of hydrogen-bond donors (Lipinski definition) is 2. The molecule has 0 aliphatic carbocycles. The zero-order valence-corrected chi connectivity index (χ0v) is 8.15. The Balaban J connectivity index is 2.99. The van der Waals surface area contributed by atoms with Crippen LogP contribution < -0.4 is 10.6 Å². The Kier molecular flexibility index (Phi) is 2.49. The maximum absolute atomic E-state index is 11.0. The molecule has 0 radical (unpaired) electrons. The summed E-state index contributed by atoms with van der Waals surface area (Å²) in [7, 11) is 1.01. The van der Waals surface area contributed by atoms with E-state index in [9.17, 15) is 18.0 Å². The van der Waals surface area contributed by atoms with Crippen molar-refractivity contribution in [3.63, 3.8) is 0 Å². The summed E-state index contributed by atoms with van der Waals surface area (Å²) in [5, 5.41) is 2.62. The van der Waals surface area contributed by atoms with Crippen molar-refractivity contribution in [3.05, 3.63) is 0 Å². The van der Waals surface area contributed by atoms with E-state index in [4.69, 9.17) is 10.7 Å². The Morgan fingerprint density at radius 2 is 1.92 bits per heavy atom. The number of imide groups is 1. The van der Waals surface area contributed by atoms with Crippen LogP contribution in [0.2, 0.25) is 0 Å². The second-order valence-electron chi connectivity index (χ2n) is 2.65. The second-order valence-corrected chi connectivity index (χ2v) is 5.40. The van der Waals surface area contributed by atoms with Crippen LogP contribution in [0.3, 0.4) is 0 Å². The van der Waals surface area contributed by atoms with E-state index in [1.165, 1.54) is 6.92 Å². The lowest BCUT2D eigenvalue weighted by Crippen LogP contribution is -2.61. The van der Waals surface area contributed by atoms with Crippen molar-refractivity contribution in [1.29, 1.82) is 0 Å². The van der Waals surface area contributed by atoms with Gasteiger partial charge in [0.1, 0.15) is 0 Å². The summed E-state index contributed by atoms with van der Waals surface area (Å²) in [6.45, 7) is 1.39. The molecule has 0 spiro atoms. The van der Waals surface area contributed by atoms with Gasteiger partial charge in [-0.1, -0.05) is 0 Å². The molecule has 0 aromatic carbocycles. The summed E-state index contributed by atoms with van der Waals surface area (Å²) >= 11 is 0. The first-order valence-electron chi connectivity index (χ1n) is 3.37. The fourth-order valence-electron chi connectivity index (χ4n) is 1.10. The third-order valence-electron chi connectivity index (χ3n) is 1.61. The molecule has 1 rings (SSSR count). The van der Waals surface area contributed by atoms with Crippen LogP contribution in [0.25, 0.3) is 0 Å². The van der Waals surface area contributed by atoms with E-state index in [-0.39, 0.29) is 0 Å². The minimum absolute atomic E-state index is 0.714.